The van der Waals surface area contributed by atoms with E-state index in [1.54, 1.807) is 44.0 Å². The standard InChI is InChI=1S/C22H21FN4O3/c1-22(12-17(26-30-22)16-6-4-5-7-19(16)29-3)20(28)25-21-24-13-18(27(21)2)14-8-10-15(23)11-9-14/h4-11,13H,12H2,1-3H3,(H,24,25,28). The van der Waals surface area contributed by atoms with E-state index in [1.165, 1.54) is 12.1 Å². The normalized spacial score (nSPS) is 17.9. The number of hydrogen-bond donors (Lipinski definition) is 1. The lowest BCUT2D eigenvalue weighted by Crippen LogP contribution is -2.41. The van der Waals surface area contributed by atoms with Crippen LogP contribution < -0.4 is 10.1 Å². The molecule has 1 aromatic heterocycles. The molecule has 30 heavy (non-hydrogen) atoms. The van der Waals surface area contributed by atoms with Gasteiger partial charge in [-0.1, -0.05) is 17.3 Å². The molecule has 0 saturated heterocycles. The van der Waals surface area contributed by atoms with Gasteiger partial charge in [-0.3, -0.25) is 10.1 Å². The Labute approximate surface area is 173 Å². The third-order valence-corrected chi connectivity index (χ3v) is 5.11. The van der Waals surface area contributed by atoms with Crippen LogP contribution >= 0.6 is 0 Å². The number of amides is 1. The van der Waals surface area contributed by atoms with Crippen molar-refractivity contribution in [1.29, 1.82) is 0 Å². The lowest BCUT2D eigenvalue weighted by Gasteiger charge is -2.20. The average molecular weight is 408 g/mol. The molecule has 1 aliphatic heterocycles. The molecule has 7 nitrogen and oxygen atoms in total. The van der Waals surface area contributed by atoms with Crippen LogP contribution in [0.25, 0.3) is 11.3 Å². The summed E-state index contributed by atoms with van der Waals surface area (Å²) in [5.41, 5.74) is 1.77. The van der Waals surface area contributed by atoms with E-state index in [0.29, 0.717) is 17.4 Å². The first-order valence-electron chi connectivity index (χ1n) is 9.39. The summed E-state index contributed by atoms with van der Waals surface area (Å²) in [6, 6.07) is 13.5. The molecule has 0 bridgehead atoms. The fourth-order valence-electron chi connectivity index (χ4n) is 3.34. The molecule has 0 spiro atoms. The highest BCUT2D eigenvalue weighted by atomic mass is 19.1. The first-order valence-corrected chi connectivity index (χ1v) is 9.39. The molecule has 1 amide bonds. The van der Waals surface area contributed by atoms with Crippen LogP contribution in [0.4, 0.5) is 10.3 Å². The second kappa shape index (κ2) is 7.62. The Morgan fingerprint density at radius 1 is 1.23 bits per heavy atom. The highest BCUT2D eigenvalue weighted by Crippen LogP contribution is 2.31. The van der Waals surface area contributed by atoms with Gasteiger partial charge in [0.1, 0.15) is 11.6 Å². The summed E-state index contributed by atoms with van der Waals surface area (Å²) in [6.07, 6.45) is 1.91. The number of aromatic nitrogens is 2. The highest BCUT2D eigenvalue weighted by Gasteiger charge is 2.43. The lowest BCUT2D eigenvalue weighted by atomic mass is 9.94. The number of carbonyl (C=O) groups excluding carboxylic acids is 1. The Balaban J connectivity index is 1.50. The molecule has 0 radical (unpaired) electrons. The van der Waals surface area contributed by atoms with Gasteiger partial charge in [-0.2, -0.15) is 0 Å². The van der Waals surface area contributed by atoms with Gasteiger partial charge in [-0.25, -0.2) is 9.37 Å². The van der Waals surface area contributed by atoms with Crippen molar-refractivity contribution < 1.29 is 18.8 Å². The number of benzene rings is 2. The number of rotatable bonds is 5. The zero-order chi connectivity index (χ0) is 21.3. The first kappa shape index (κ1) is 19.6. The zero-order valence-corrected chi connectivity index (χ0v) is 16.8. The summed E-state index contributed by atoms with van der Waals surface area (Å²) in [7, 11) is 3.36. The van der Waals surface area contributed by atoms with Gasteiger partial charge in [0, 0.05) is 24.6 Å². The third-order valence-electron chi connectivity index (χ3n) is 5.11. The predicted molar refractivity (Wildman–Crippen MR) is 111 cm³/mol. The van der Waals surface area contributed by atoms with Crippen LogP contribution in [0.2, 0.25) is 0 Å². The molecule has 4 rings (SSSR count). The summed E-state index contributed by atoms with van der Waals surface area (Å²) >= 11 is 0. The number of ether oxygens (including phenoxy) is 1. The number of anilines is 1. The van der Waals surface area contributed by atoms with Crippen molar-refractivity contribution in [2.75, 3.05) is 12.4 Å². The SMILES string of the molecule is COc1ccccc1C1=NOC(C)(C(=O)Nc2ncc(-c3ccc(F)cc3)n2C)C1. The Kier molecular flexibility index (Phi) is 4.99. The monoisotopic (exact) mass is 408 g/mol. The van der Waals surface area contributed by atoms with E-state index in [0.717, 1.165) is 16.8 Å². The van der Waals surface area contributed by atoms with Gasteiger partial charge < -0.3 is 14.1 Å². The third kappa shape index (κ3) is 3.52. The average Bonchev–Trinajstić information content (AvgIpc) is 3.33. The summed E-state index contributed by atoms with van der Waals surface area (Å²) in [4.78, 5) is 22.8. The number of oxime groups is 1. The van der Waals surface area contributed by atoms with Gasteiger partial charge in [0.25, 0.3) is 5.91 Å². The lowest BCUT2D eigenvalue weighted by molar-refractivity contribution is -0.136. The molecule has 0 saturated carbocycles. The van der Waals surface area contributed by atoms with E-state index in [1.807, 2.05) is 24.3 Å². The zero-order valence-electron chi connectivity index (χ0n) is 16.8. The maximum atomic E-state index is 13.2. The van der Waals surface area contributed by atoms with Crippen LogP contribution in [-0.2, 0) is 16.7 Å². The van der Waals surface area contributed by atoms with Crippen molar-refractivity contribution in [3.8, 4) is 17.0 Å². The molecule has 0 aliphatic carbocycles. The van der Waals surface area contributed by atoms with Crippen molar-refractivity contribution in [1.82, 2.24) is 9.55 Å². The fraction of sp³-hybridized carbons (Fsp3) is 0.227. The number of imidazole rings is 1. The molecule has 2 aromatic carbocycles. The van der Waals surface area contributed by atoms with Gasteiger partial charge in [-0.05, 0) is 43.3 Å². The number of hydrogen-bond acceptors (Lipinski definition) is 5. The predicted octanol–water partition coefficient (Wildman–Crippen LogP) is 3.76. The molecule has 1 unspecified atom stereocenters. The van der Waals surface area contributed by atoms with Crippen molar-refractivity contribution in [3.05, 3.63) is 66.1 Å². The second-order valence-electron chi connectivity index (χ2n) is 7.22. The summed E-state index contributed by atoms with van der Waals surface area (Å²) < 4.78 is 20.3. The fourth-order valence-corrected chi connectivity index (χ4v) is 3.34. The summed E-state index contributed by atoms with van der Waals surface area (Å²) in [5.74, 6) is 0.342. The summed E-state index contributed by atoms with van der Waals surface area (Å²) in [6.45, 7) is 1.68. The number of nitrogens with one attached hydrogen (secondary N) is 1. The molecule has 8 heteroatoms. The van der Waals surface area contributed by atoms with Crippen LogP contribution in [0.1, 0.15) is 18.9 Å². The minimum atomic E-state index is -1.18. The number of carbonyl (C=O) groups is 1. The van der Waals surface area contributed by atoms with Crippen molar-refractivity contribution in [3.63, 3.8) is 0 Å². The molecule has 1 aliphatic rings. The molecular formula is C22H21FN4O3. The molecule has 3 aromatic rings. The van der Waals surface area contributed by atoms with Crippen LogP contribution in [-0.4, -0.2) is 33.9 Å². The van der Waals surface area contributed by atoms with Gasteiger partial charge in [0.15, 0.2) is 0 Å². The maximum Gasteiger partial charge on any atom is 0.273 e. The molecule has 2 heterocycles. The summed E-state index contributed by atoms with van der Waals surface area (Å²) in [5, 5.41) is 6.93. The van der Waals surface area contributed by atoms with Gasteiger partial charge in [0.2, 0.25) is 11.5 Å². The Bertz CT molecular complexity index is 1120. The van der Waals surface area contributed by atoms with Crippen molar-refractivity contribution in [2.45, 2.75) is 18.9 Å². The van der Waals surface area contributed by atoms with Crippen molar-refractivity contribution >= 4 is 17.6 Å². The maximum absolute atomic E-state index is 13.2. The number of nitrogens with zero attached hydrogens (tertiary/aromatic N) is 3. The van der Waals surface area contributed by atoms with Crippen LogP contribution in [0, 0.1) is 5.82 Å². The molecule has 1 N–H and O–H groups in total. The molecular weight excluding hydrogens is 387 g/mol. The van der Waals surface area contributed by atoms with E-state index in [2.05, 4.69) is 15.5 Å². The Hall–Kier alpha value is -3.68. The minimum Gasteiger partial charge on any atom is -0.496 e. The molecule has 154 valence electrons. The topological polar surface area (TPSA) is 77.7 Å². The van der Waals surface area contributed by atoms with Gasteiger partial charge >= 0.3 is 0 Å². The number of para-hydroxylation sites is 1. The van der Waals surface area contributed by atoms with Crippen LogP contribution in [0.3, 0.4) is 0 Å². The number of halogens is 1. The second-order valence-corrected chi connectivity index (χ2v) is 7.22. The smallest absolute Gasteiger partial charge is 0.273 e. The largest absolute Gasteiger partial charge is 0.496 e. The van der Waals surface area contributed by atoms with Gasteiger partial charge in [-0.15, -0.1) is 0 Å². The first-order chi connectivity index (χ1) is 14.4. The minimum absolute atomic E-state index is 0.286. The van der Waals surface area contributed by atoms with Crippen LogP contribution in [0.15, 0.2) is 59.9 Å². The van der Waals surface area contributed by atoms with E-state index in [9.17, 15) is 9.18 Å². The van der Waals surface area contributed by atoms with Crippen molar-refractivity contribution in [2.24, 2.45) is 12.2 Å². The number of methoxy groups -OCH3 is 1. The Morgan fingerprint density at radius 3 is 2.70 bits per heavy atom. The molecule has 1 atom stereocenters. The van der Waals surface area contributed by atoms with E-state index in [4.69, 9.17) is 9.57 Å². The van der Waals surface area contributed by atoms with Gasteiger partial charge in [0.05, 0.1) is 24.7 Å². The van der Waals surface area contributed by atoms with E-state index < -0.39 is 5.60 Å². The quantitative estimate of drug-likeness (QED) is 0.697. The van der Waals surface area contributed by atoms with Crippen LogP contribution in [0.5, 0.6) is 5.75 Å². The Morgan fingerprint density at radius 2 is 1.97 bits per heavy atom. The highest BCUT2D eigenvalue weighted by molar-refractivity contribution is 6.09. The molecule has 0 fully saturated rings. The van der Waals surface area contributed by atoms with E-state index >= 15 is 0 Å². The van der Waals surface area contributed by atoms with E-state index in [-0.39, 0.29) is 18.1 Å².